The second kappa shape index (κ2) is 3.98. The van der Waals surface area contributed by atoms with E-state index in [1.807, 2.05) is 0 Å². The van der Waals surface area contributed by atoms with Crippen LogP contribution >= 0.6 is 0 Å². The summed E-state index contributed by atoms with van der Waals surface area (Å²) >= 11 is 0. The smallest absolute Gasteiger partial charge is 0.318 e. The summed E-state index contributed by atoms with van der Waals surface area (Å²) in [7, 11) is 0. The second-order valence-electron chi connectivity index (χ2n) is 5.65. The van der Waals surface area contributed by atoms with Crippen molar-refractivity contribution in [2.45, 2.75) is 57.7 Å². The number of aliphatic hydroxyl groups is 1. The minimum Gasteiger partial charge on any atom is -0.480 e. The molecular formula is C12H19NO4. The lowest BCUT2D eigenvalue weighted by molar-refractivity contribution is -0.161. The van der Waals surface area contributed by atoms with Gasteiger partial charge in [0, 0.05) is 12.1 Å². The van der Waals surface area contributed by atoms with Crippen LogP contribution in [0.4, 0.5) is 0 Å². The van der Waals surface area contributed by atoms with Gasteiger partial charge in [-0.05, 0) is 39.5 Å². The molecule has 0 aromatic rings. The summed E-state index contributed by atoms with van der Waals surface area (Å²) in [6.07, 6.45) is 2.58. The van der Waals surface area contributed by atoms with E-state index >= 15 is 0 Å². The number of carboxylic acid groups (broad SMARTS) is 1. The zero-order chi connectivity index (χ0) is 12.8. The first-order valence-corrected chi connectivity index (χ1v) is 6.08. The Morgan fingerprint density at radius 3 is 2.06 bits per heavy atom. The summed E-state index contributed by atoms with van der Waals surface area (Å²) in [5.74, 6) is -1.41. The predicted molar refractivity (Wildman–Crippen MR) is 60.3 cm³/mol. The lowest BCUT2D eigenvalue weighted by Crippen LogP contribution is -2.54. The van der Waals surface area contributed by atoms with Crippen molar-refractivity contribution in [3.63, 3.8) is 0 Å². The highest BCUT2D eigenvalue weighted by atomic mass is 16.4. The van der Waals surface area contributed by atoms with Crippen LogP contribution in [0.5, 0.6) is 0 Å². The van der Waals surface area contributed by atoms with E-state index in [0.29, 0.717) is 12.8 Å². The molecule has 2 N–H and O–H groups in total. The maximum atomic E-state index is 12.3. The molecule has 2 bridgehead atoms. The van der Waals surface area contributed by atoms with Crippen molar-refractivity contribution >= 4 is 11.9 Å². The van der Waals surface area contributed by atoms with Crippen LogP contribution < -0.4 is 0 Å². The van der Waals surface area contributed by atoms with Gasteiger partial charge < -0.3 is 15.1 Å². The fourth-order valence-corrected chi connectivity index (χ4v) is 2.89. The number of aliphatic hydroxyl groups excluding tert-OH is 1. The Bertz CT molecular complexity index is 338. The van der Waals surface area contributed by atoms with Crippen molar-refractivity contribution in [3.8, 4) is 0 Å². The molecular weight excluding hydrogens is 222 g/mol. The number of aliphatic carboxylic acids is 1. The van der Waals surface area contributed by atoms with Gasteiger partial charge in [-0.3, -0.25) is 9.59 Å². The van der Waals surface area contributed by atoms with Gasteiger partial charge in [-0.1, -0.05) is 0 Å². The first kappa shape index (κ1) is 12.4. The largest absolute Gasteiger partial charge is 0.480 e. The molecule has 0 aromatic heterocycles. The average Bonchev–Trinajstić information content (AvgIpc) is 2.49. The molecule has 2 heterocycles. The fourth-order valence-electron chi connectivity index (χ4n) is 2.89. The monoisotopic (exact) mass is 241 g/mol. The standard InChI is InChI=1S/C12H19NO4/c1-12(2,11(16)17)10(15)13-7-3-4-8(13)6-9(14)5-7/h7-9,14H,3-6H2,1-2H3,(H,16,17). The third-order valence-electron chi connectivity index (χ3n) is 4.01. The van der Waals surface area contributed by atoms with Crippen LogP contribution in [0.15, 0.2) is 0 Å². The van der Waals surface area contributed by atoms with Gasteiger partial charge in [0.05, 0.1) is 6.10 Å². The number of hydrogen-bond acceptors (Lipinski definition) is 3. The van der Waals surface area contributed by atoms with Crippen LogP contribution in [0.3, 0.4) is 0 Å². The highest BCUT2D eigenvalue weighted by Gasteiger charge is 2.49. The summed E-state index contributed by atoms with van der Waals surface area (Å²) in [4.78, 5) is 25.1. The first-order chi connectivity index (χ1) is 7.84. The zero-order valence-corrected chi connectivity index (χ0v) is 10.2. The van der Waals surface area contributed by atoms with E-state index in [9.17, 15) is 14.7 Å². The number of nitrogens with zero attached hydrogens (tertiary/aromatic N) is 1. The minimum absolute atomic E-state index is 0.0230. The van der Waals surface area contributed by atoms with Crippen molar-refractivity contribution in [1.82, 2.24) is 4.90 Å². The van der Waals surface area contributed by atoms with Crippen molar-refractivity contribution < 1.29 is 19.8 Å². The van der Waals surface area contributed by atoms with Crippen LogP contribution in [0.1, 0.15) is 39.5 Å². The molecule has 2 atom stereocenters. The van der Waals surface area contributed by atoms with E-state index in [1.165, 1.54) is 13.8 Å². The number of piperidine rings is 1. The molecule has 2 saturated heterocycles. The van der Waals surface area contributed by atoms with E-state index in [0.717, 1.165) is 12.8 Å². The van der Waals surface area contributed by atoms with E-state index in [-0.39, 0.29) is 24.1 Å². The van der Waals surface area contributed by atoms with Crippen LogP contribution in [-0.4, -0.2) is 45.2 Å². The molecule has 2 aliphatic heterocycles. The Morgan fingerprint density at radius 2 is 1.65 bits per heavy atom. The molecule has 0 aliphatic carbocycles. The van der Waals surface area contributed by atoms with Gasteiger partial charge in [0.2, 0.25) is 5.91 Å². The number of amides is 1. The Balaban J connectivity index is 2.19. The van der Waals surface area contributed by atoms with Crippen LogP contribution in [0, 0.1) is 5.41 Å². The highest BCUT2D eigenvalue weighted by molar-refractivity contribution is 6.01. The molecule has 0 aromatic carbocycles. The van der Waals surface area contributed by atoms with Crippen molar-refractivity contribution in [2.75, 3.05) is 0 Å². The molecule has 2 rings (SSSR count). The zero-order valence-electron chi connectivity index (χ0n) is 10.2. The lowest BCUT2D eigenvalue weighted by Gasteiger charge is -2.40. The Hall–Kier alpha value is -1.10. The summed E-state index contributed by atoms with van der Waals surface area (Å²) in [5.41, 5.74) is -1.37. The van der Waals surface area contributed by atoms with Crippen LogP contribution in [0.2, 0.25) is 0 Å². The van der Waals surface area contributed by atoms with Gasteiger partial charge in [0.25, 0.3) is 0 Å². The van der Waals surface area contributed by atoms with E-state index in [4.69, 9.17) is 5.11 Å². The predicted octanol–water partition coefficient (Wildman–Crippen LogP) is 0.611. The number of carboxylic acids is 1. The van der Waals surface area contributed by atoms with Crippen molar-refractivity contribution in [1.29, 1.82) is 0 Å². The number of carbonyl (C=O) groups is 2. The number of fused-ring (bicyclic) bond motifs is 2. The Labute approximate surface area is 100 Å². The Morgan fingerprint density at radius 1 is 1.18 bits per heavy atom. The molecule has 2 unspecified atom stereocenters. The number of hydrogen-bond donors (Lipinski definition) is 2. The first-order valence-electron chi connectivity index (χ1n) is 6.08. The third-order valence-corrected chi connectivity index (χ3v) is 4.01. The van der Waals surface area contributed by atoms with Crippen molar-refractivity contribution in [2.24, 2.45) is 5.41 Å². The molecule has 17 heavy (non-hydrogen) atoms. The van der Waals surface area contributed by atoms with Gasteiger partial charge in [-0.25, -0.2) is 0 Å². The maximum absolute atomic E-state index is 12.3. The van der Waals surface area contributed by atoms with Gasteiger partial charge in [0.1, 0.15) is 5.41 Å². The second-order valence-corrected chi connectivity index (χ2v) is 5.65. The van der Waals surface area contributed by atoms with Crippen LogP contribution in [0.25, 0.3) is 0 Å². The number of carbonyl (C=O) groups excluding carboxylic acids is 1. The molecule has 0 radical (unpaired) electrons. The van der Waals surface area contributed by atoms with E-state index in [2.05, 4.69) is 0 Å². The topological polar surface area (TPSA) is 77.8 Å². The quantitative estimate of drug-likeness (QED) is 0.694. The molecule has 0 saturated carbocycles. The van der Waals surface area contributed by atoms with Crippen molar-refractivity contribution in [3.05, 3.63) is 0 Å². The van der Waals surface area contributed by atoms with Crippen LogP contribution in [-0.2, 0) is 9.59 Å². The summed E-state index contributed by atoms with van der Waals surface area (Å²) in [5, 5.41) is 18.7. The molecule has 96 valence electrons. The molecule has 5 heteroatoms. The summed E-state index contributed by atoms with van der Waals surface area (Å²) < 4.78 is 0. The van der Waals surface area contributed by atoms with Gasteiger partial charge in [0.15, 0.2) is 0 Å². The molecule has 2 fully saturated rings. The lowest BCUT2D eigenvalue weighted by atomic mass is 9.88. The molecule has 1 amide bonds. The van der Waals surface area contributed by atoms with Gasteiger partial charge >= 0.3 is 5.97 Å². The van der Waals surface area contributed by atoms with E-state index in [1.54, 1.807) is 4.90 Å². The highest BCUT2D eigenvalue weighted by Crippen LogP contribution is 2.38. The normalized spacial score (nSPS) is 32.6. The molecule has 2 aliphatic rings. The van der Waals surface area contributed by atoms with Gasteiger partial charge in [-0.15, -0.1) is 0 Å². The number of rotatable bonds is 2. The SMILES string of the molecule is CC(C)(C(=O)O)C(=O)N1C2CCC1CC(O)C2. The summed E-state index contributed by atoms with van der Waals surface area (Å²) in [6.45, 7) is 2.89. The third kappa shape index (κ3) is 1.92. The van der Waals surface area contributed by atoms with Gasteiger partial charge in [-0.2, -0.15) is 0 Å². The minimum atomic E-state index is -1.37. The average molecular weight is 241 g/mol. The maximum Gasteiger partial charge on any atom is 0.318 e. The summed E-state index contributed by atoms with van der Waals surface area (Å²) in [6, 6.07) is 0.0461. The van der Waals surface area contributed by atoms with E-state index < -0.39 is 11.4 Å². The fraction of sp³-hybridized carbons (Fsp3) is 0.833. The molecule has 5 nitrogen and oxygen atoms in total. The molecule has 0 spiro atoms. The Kier molecular flexibility index (Phi) is 2.89.